The Morgan fingerprint density at radius 2 is 2.17 bits per heavy atom. The van der Waals surface area contributed by atoms with E-state index < -0.39 is 0 Å². The van der Waals surface area contributed by atoms with Crippen LogP contribution in [0.2, 0.25) is 0 Å². The summed E-state index contributed by atoms with van der Waals surface area (Å²) in [4.78, 5) is 11.1. The molecule has 0 fully saturated rings. The van der Waals surface area contributed by atoms with Crippen LogP contribution in [0.25, 0.3) is 0 Å². The first-order valence-corrected chi connectivity index (χ1v) is 4.05. The average molecular weight is 185 g/mol. The first-order chi connectivity index (χ1) is 5.79. The quantitative estimate of drug-likeness (QED) is 0.521. The Kier molecular flexibility index (Phi) is 3.11. The van der Waals surface area contributed by atoms with Crippen molar-refractivity contribution in [1.29, 1.82) is 0 Å². The van der Waals surface area contributed by atoms with E-state index in [2.05, 4.69) is 4.74 Å². The first-order valence-electron chi connectivity index (χ1n) is 3.51. The molecule has 0 aliphatic heterocycles. The predicted octanol–water partition coefficient (Wildman–Crippen LogP) is 2.21. The highest BCUT2D eigenvalue weighted by Gasteiger charge is 2.08. The molecular weight excluding hydrogens is 176 g/mol. The van der Waals surface area contributed by atoms with Crippen LogP contribution >= 0.6 is 11.6 Å². The van der Waals surface area contributed by atoms with E-state index in [4.69, 9.17) is 11.6 Å². The van der Waals surface area contributed by atoms with Crippen molar-refractivity contribution in [2.75, 3.05) is 7.11 Å². The topological polar surface area (TPSA) is 26.3 Å². The van der Waals surface area contributed by atoms with Gasteiger partial charge in [-0.2, -0.15) is 0 Å². The molecule has 0 saturated carbocycles. The lowest BCUT2D eigenvalue weighted by Crippen LogP contribution is -2.04. The smallest absolute Gasteiger partial charge is 0.338 e. The van der Waals surface area contributed by atoms with Gasteiger partial charge >= 0.3 is 5.97 Å². The van der Waals surface area contributed by atoms with Crippen molar-refractivity contribution in [3.63, 3.8) is 0 Å². The van der Waals surface area contributed by atoms with Crippen LogP contribution in [0.5, 0.6) is 0 Å². The third-order valence-corrected chi connectivity index (χ3v) is 1.85. The normalized spacial score (nSPS) is 9.50. The third-order valence-electron chi connectivity index (χ3n) is 1.57. The fourth-order valence-electron chi connectivity index (χ4n) is 0.946. The van der Waals surface area contributed by atoms with Gasteiger partial charge in [-0.1, -0.05) is 18.2 Å². The summed E-state index contributed by atoms with van der Waals surface area (Å²) in [5.74, 6) is -0.0168. The van der Waals surface area contributed by atoms with Crippen LogP contribution in [0.15, 0.2) is 24.3 Å². The highest BCUT2D eigenvalue weighted by molar-refractivity contribution is 6.17. The zero-order valence-electron chi connectivity index (χ0n) is 6.71. The maximum absolute atomic E-state index is 11.1. The van der Waals surface area contributed by atoms with Gasteiger partial charge in [-0.25, -0.2) is 4.79 Å². The largest absolute Gasteiger partial charge is 0.465 e. The molecule has 0 unspecified atom stereocenters. The molecular formula is C9H9ClO2. The third kappa shape index (κ3) is 1.77. The lowest BCUT2D eigenvalue weighted by atomic mass is 10.1. The van der Waals surface area contributed by atoms with Crippen LogP contribution < -0.4 is 0 Å². The molecule has 3 heteroatoms. The molecule has 0 saturated heterocycles. The Bertz CT molecular complexity index is 284. The van der Waals surface area contributed by atoms with Gasteiger partial charge in [0.1, 0.15) is 0 Å². The molecule has 2 nitrogen and oxygen atoms in total. The summed E-state index contributed by atoms with van der Waals surface area (Å²) in [6.45, 7) is 0. The number of ether oxygens (including phenoxy) is 1. The molecule has 64 valence electrons. The van der Waals surface area contributed by atoms with Gasteiger partial charge in [0, 0.05) is 5.88 Å². The van der Waals surface area contributed by atoms with Gasteiger partial charge in [0.2, 0.25) is 0 Å². The van der Waals surface area contributed by atoms with Crippen molar-refractivity contribution in [3.05, 3.63) is 35.4 Å². The van der Waals surface area contributed by atoms with Crippen molar-refractivity contribution < 1.29 is 9.53 Å². The number of carbonyl (C=O) groups excluding carboxylic acids is 1. The molecule has 0 atom stereocenters. The van der Waals surface area contributed by atoms with Gasteiger partial charge in [-0.3, -0.25) is 0 Å². The molecule has 1 aromatic carbocycles. The Hall–Kier alpha value is -1.02. The van der Waals surface area contributed by atoms with E-state index in [1.807, 2.05) is 6.07 Å². The van der Waals surface area contributed by atoms with Crippen molar-refractivity contribution in [3.8, 4) is 0 Å². The molecule has 0 N–H and O–H groups in total. The fourth-order valence-corrected chi connectivity index (χ4v) is 1.18. The molecule has 0 heterocycles. The lowest BCUT2D eigenvalue weighted by molar-refractivity contribution is 0.0600. The van der Waals surface area contributed by atoms with Gasteiger partial charge in [0.05, 0.1) is 12.7 Å². The molecule has 0 radical (unpaired) electrons. The summed E-state index contributed by atoms with van der Waals surface area (Å²) in [5.41, 5.74) is 1.33. The van der Waals surface area contributed by atoms with Gasteiger partial charge in [0.25, 0.3) is 0 Å². The number of carbonyl (C=O) groups is 1. The van der Waals surface area contributed by atoms with Gasteiger partial charge in [-0.15, -0.1) is 11.6 Å². The number of halogens is 1. The number of hydrogen-bond acceptors (Lipinski definition) is 2. The summed E-state index contributed by atoms with van der Waals surface area (Å²) in [5, 5.41) is 0. The van der Waals surface area contributed by atoms with E-state index in [0.717, 1.165) is 5.56 Å². The SMILES string of the molecule is COC(=O)c1ccccc1CCl. The Morgan fingerprint density at radius 1 is 1.50 bits per heavy atom. The Morgan fingerprint density at radius 3 is 2.75 bits per heavy atom. The summed E-state index contributed by atoms with van der Waals surface area (Å²) in [6, 6.07) is 7.12. The molecule has 0 amide bonds. The second kappa shape index (κ2) is 4.12. The minimum atomic E-state index is -0.341. The van der Waals surface area contributed by atoms with E-state index in [1.54, 1.807) is 18.2 Å². The van der Waals surface area contributed by atoms with E-state index in [9.17, 15) is 4.79 Å². The van der Waals surface area contributed by atoms with Crippen LogP contribution in [0, 0.1) is 0 Å². The minimum Gasteiger partial charge on any atom is -0.465 e. The average Bonchev–Trinajstić information content (AvgIpc) is 2.16. The maximum Gasteiger partial charge on any atom is 0.338 e. The number of esters is 1. The van der Waals surface area contributed by atoms with Gasteiger partial charge < -0.3 is 4.74 Å². The Labute approximate surface area is 76.1 Å². The highest BCUT2D eigenvalue weighted by atomic mass is 35.5. The molecule has 1 aromatic rings. The molecule has 12 heavy (non-hydrogen) atoms. The van der Waals surface area contributed by atoms with E-state index in [-0.39, 0.29) is 5.97 Å². The highest BCUT2D eigenvalue weighted by Crippen LogP contribution is 2.11. The second-order valence-electron chi connectivity index (χ2n) is 2.28. The maximum atomic E-state index is 11.1. The van der Waals surface area contributed by atoms with Gasteiger partial charge in [-0.05, 0) is 11.6 Å². The van der Waals surface area contributed by atoms with Crippen LogP contribution in [-0.4, -0.2) is 13.1 Å². The predicted molar refractivity (Wildman–Crippen MR) is 47.3 cm³/mol. The summed E-state index contributed by atoms with van der Waals surface area (Å²) in [7, 11) is 1.35. The van der Waals surface area contributed by atoms with Crippen molar-refractivity contribution in [2.45, 2.75) is 5.88 Å². The number of methoxy groups -OCH3 is 1. The molecule has 0 aliphatic rings. The molecule has 0 bridgehead atoms. The van der Waals surface area contributed by atoms with E-state index in [1.165, 1.54) is 7.11 Å². The van der Waals surface area contributed by atoms with Crippen LogP contribution in [0.1, 0.15) is 15.9 Å². The van der Waals surface area contributed by atoms with Crippen molar-refractivity contribution in [2.24, 2.45) is 0 Å². The van der Waals surface area contributed by atoms with E-state index in [0.29, 0.717) is 11.4 Å². The number of benzene rings is 1. The fraction of sp³-hybridized carbons (Fsp3) is 0.222. The number of rotatable bonds is 2. The van der Waals surface area contributed by atoms with Gasteiger partial charge in [0.15, 0.2) is 0 Å². The monoisotopic (exact) mass is 184 g/mol. The van der Waals surface area contributed by atoms with Crippen LogP contribution in [0.4, 0.5) is 0 Å². The van der Waals surface area contributed by atoms with Crippen molar-refractivity contribution >= 4 is 17.6 Å². The minimum absolute atomic E-state index is 0.325. The van der Waals surface area contributed by atoms with Crippen LogP contribution in [0.3, 0.4) is 0 Å². The number of alkyl halides is 1. The lowest BCUT2D eigenvalue weighted by Gasteiger charge is -2.03. The molecule has 1 rings (SSSR count). The summed E-state index contributed by atoms with van der Waals surface area (Å²) < 4.78 is 4.58. The standard InChI is InChI=1S/C9H9ClO2/c1-12-9(11)8-5-3-2-4-7(8)6-10/h2-5H,6H2,1H3. The van der Waals surface area contributed by atoms with Crippen molar-refractivity contribution in [1.82, 2.24) is 0 Å². The summed E-state index contributed by atoms with van der Waals surface area (Å²) in [6.07, 6.45) is 0. The molecule has 0 spiro atoms. The molecule has 0 aliphatic carbocycles. The number of hydrogen-bond donors (Lipinski definition) is 0. The first kappa shape index (κ1) is 9.07. The molecule has 0 aromatic heterocycles. The van der Waals surface area contributed by atoms with Crippen LogP contribution in [-0.2, 0) is 10.6 Å². The second-order valence-corrected chi connectivity index (χ2v) is 2.55. The zero-order chi connectivity index (χ0) is 8.97. The summed E-state index contributed by atoms with van der Waals surface area (Å²) >= 11 is 5.63. The zero-order valence-corrected chi connectivity index (χ0v) is 7.47. The van der Waals surface area contributed by atoms with E-state index >= 15 is 0 Å². The Balaban J connectivity index is 3.04.